The molecule has 0 aromatic heterocycles. The van der Waals surface area contributed by atoms with Gasteiger partial charge in [0, 0.05) is 27.7 Å². The number of aromatic carboxylic acids is 6. The molecule has 0 fully saturated rings. The second-order valence-electron chi connectivity index (χ2n) is 8.54. The summed E-state index contributed by atoms with van der Waals surface area (Å²) in [5.74, 6) is -10.7. The molecule has 3 aromatic rings. The lowest BCUT2D eigenvalue weighted by atomic mass is 10.1. The summed E-state index contributed by atoms with van der Waals surface area (Å²) < 4.78 is 0. The van der Waals surface area contributed by atoms with E-state index in [1.807, 2.05) is 0 Å². The summed E-state index contributed by atoms with van der Waals surface area (Å²) in [7, 11) is 0. The molecule has 0 atom stereocenters. The highest BCUT2D eigenvalue weighted by Crippen LogP contribution is 2.09. The molecule has 0 heterocycles. The summed E-state index contributed by atoms with van der Waals surface area (Å²) in [4.78, 5) is 98.8. The molecule has 20 heteroatoms. The smallest absolute Gasteiger partial charge is 0.336 e. The van der Waals surface area contributed by atoms with Crippen molar-refractivity contribution in [1.29, 1.82) is 0 Å². The lowest BCUT2D eigenvalue weighted by Gasteiger charge is -1.98. The first-order chi connectivity index (χ1) is 23.8. The minimum Gasteiger partial charge on any atom is -0.481 e. The lowest BCUT2D eigenvalue weighted by Crippen LogP contribution is -2.06. The summed E-state index contributed by atoms with van der Waals surface area (Å²) in [5, 5.41) is 81.0. The van der Waals surface area contributed by atoms with Gasteiger partial charge in [0.05, 0.1) is 33.4 Å². The highest BCUT2D eigenvalue weighted by Gasteiger charge is 2.15. The minimum absolute atomic E-state index is 0.190. The number of aliphatic carboxylic acids is 4. The van der Waals surface area contributed by atoms with Gasteiger partial charge >= 0.3 is 35.8 Å². The van der Waals surface area contributed by atoms with Gasteiger partial charge in [0.2, 0.25) is 0 Å². The largest absolute Gasteiger partial charge is 0.481 e. The Balaban J connectivity index is -0.000000276. The SMILES string of the molecule is CC(=O)O.CC(=O)O.CC(=O)O.CC(=O)O.O=C(O)c1ccccc1C(=O)O.O=C(O)c1ccccc1C(=O)O.O=C(O)c1ccccc1C(=O)O. The fraction of sp³-hybridized carbons (Fsp3) is 0.125. The van der Waals surface area contributed by atoms with E-state index in [-0.39, 0.29) is 33.4 Å². The van der Waals surface area contributed by atoms with Crippen LogP contribution >= 0.6 is 0 Å². The molecule has 282 valence electrons. The van der Waals surface area contributed by atoms with Crippen molar-refractivity contribution in [3.8, 4) is 0 Å². The van der Waals surface area contributed by atoms with E-state index in [1.54, 1.807) is 0 Å². The molecule has 20 nitrogen and oxygen atoms in total. The third-order valence-electron chi connectivity index (χ3n) is 4.16. The molecule has 0 aliphatic heterocycles. The standard InChI is InChI=1S/3C8H6O4.4C2H4O2/c3*9-7(10)5-3-1-2-4-6(5)8(11)12;4*1-2(3)4/h3*1-4H,(H,9,10)(H,11,12);4*1H3,(H,3,4). The Hall–Kier alpha value is -7.64. The van der Waals surface area contributed by atoms with Gasteiger partial charge in [-0.15, -0.1) is 0 Å². The molecule has 0 spiro atoms. The van der Waals surface area contributed by atoms with Crippen molar-refractivity contribution in [2.45, 2.75) is 27.7 Å². The predicted molar refractivity (Wildman–Crippen MR) is 174 cm³/mol. The second-order valence-corrected chi connectivity index (χ2v) is 8.54. The maximum absolute atomic E-state index is 10.5. The van der Waals surface area contributed by atoms with E-state index < -0.39 is 59.7 Å². The van der Waals surface area contributed by atoms with Gasteiger partial charge in [-0.25, -0.2) is 28.8 Å². The first-order valence-electron chi connectivity index (χ1n) is 13.3. The van der Waals surface area contributed by atoms with Gasteiger partial charge in [-0.05, 0) is 36.4 Å². The first kappa shape index (κ1) is 51.2. The summed E-state index contributed by atoms with van der Waals surface area (Å²) in [6.07, 6.45) is 0. The number of benzene rings is 3. The molecule has 3 aromatic carbocycles. The van der Waals surface area contributed by atoms with Gasteiger partial charge in [0.15, 0.2) is 0 Å². The zero-order valence-electron chi connectivity index (χ0n) is 27.5. The van der Waals surface area contributed by atoms with E-state index in [0.29, 0.717) is 0 Å². The summed E-state index contributed by atoms with van der Waals surface area (Å²) in [5.41, 5.74) is -1.14. The summed E-state index contributed by atoms with van der Waals surface area (Å²) in [6.45, 7) is 4.33. The highest BCUT2D eigenvalue weighted by molar-refractivity contribution is 6.02. The maximum Gasteiger partial charge on any atom is 0.336 e. The number of carbonyl (C=O) groups is 10. The Morgan fingerprint density at radius 3 is 0.404 bits per heavy atom. The van der Waals surface area contributed by atoms with Crippen molar-refractivity contribution in [2.24, 2.45) is 0 Å². The number of rotatable bonds is 6. The Kier molecular flexibility index (Phi) is 27.9. The van der Waals surface area contributed by atoms with Gasteiger partial charge in [-0.2, -0.15) is 0 Å². The van der Waals surface area contributed by atoms with Gasteiger partial charge in [-0.1, -0.05) is 36.4 Å². The minimum atomic E-state index is -1.23. The van der Waals surface area contributed by atoms with E-state index in [9.17, 15) is 28.8 Å². The second kappa shape index (κ2) is 28.4. The van der Waals surface area contributed by atoms with Crippen LogP contribution in [0.1, 0.15) is 89.8 Å². The Bertz CT molecular complexity index is 1380. The van der Waals surface area contributed by atoms with Crippen LogP contribution in [0.15, 0.2) is 72.8 Å². The predicted octanol–water partition coefficient (Wildman–Crippen LogP) is 3.61. The Labute approximate surface area is 292 Å². The molecule has 0 amide bonds. The zero-order chi connectivity index (χ0) is 41.7. The Morgan fingerprint density at radius 1 is 0.269 bits per heavy atom. The van der Waals surface area contributed by atoms with Crippen LogP contribution in [-0.2, 0) is 19.2 Å². The van der Waals surface area contributed by atoms with Crippen molar-refractivity contribution in [2.75, 3.05) is 0 Å². The molecule has 0 unspecified atom stereocenters. The molecule has 0 saturated heterocycles. The van der Waals surface area contributed by atoms with Crippen molar-refractivity contribution in [3.05, 3.63) is 106 Å². The van der Waals surface area contributed by atoms with Crippen molar-refractivity contribution in [1.82, 2.24) is 0 Å². The molecule has 0 aliphatic carbocycles. The van der Waals surface area contributed by atoms with E-state index in [2.05, 4.69) is 0 Å². The average Bonchev–Trinajstić information content (AvgIpc) is 3.00. The van der Waals surface area contributed by atoms with Crippen LogP contribution in [0.4, 0.5) is 0 Å². The van der Waals surface area contributed by atoms with Crippen LogP contribution in [0.2, 0.25) is 0 Å². The zero-order valence-corrected chi connectivity index (χ0v) is 27.5. The first-order valence-corrected chi connectivity index (χ1v) is 13.3. The van der Waals surface area contributed by atoms with Gasteiger partial charge < -0.3 is 51.1 Å². The molecule has 0 saturated carbocycles. The molecular weight excluding hydrogens is 704 g/mol. The quantitative estimate of drug-likeness (QED) is 0.172. The van der Waals surface area contributed by atoms with Crippen molar-refractivity contribution in [3.63, 3.8) is 0 Å². The molecule has 0 radical (unpaired) electrons. The maximum atomic E-state index is 10.5. The fourth-order valence-electron chi connectivity index (χ4n) is 2.57. The summed E-state index contributed by atoms with van der Waals surface area (Å²) in [6, 6.07) is 16.4. The topological polar surface area (TPSA) is 373 Å². The Morgan fingerprint density at radius 2 is 0.346 bits per heavy atom. The van der Waals surface area contributed by atoms with Gasteiger partial charge in [0.25, 0.3) is 23.9 Å². The van der Waals surface area contributed by atoms with Crippen LogP contribution < -0.4 is 0 Å². The van der Waals surface area contributed by atoms with Crippen LogP contribution in [0, 0.1) is 0 Å². The van der Waals surface area contributed by atoms with E-state index in [1.165, 1.54) is 72.8 Å². The molecule has 0 bridgehead atoms. The average molecular weight is 739 g/mol. The fourth-order valence-corrected chi connectivity index (χ4v) is 2.57. The molecule has 52 heavy (non-hydrogen) atoms. The van der Waals surface area contributed by atoms with Gasteiger partial charge in [0.1, 0.15) is 0 Å². The van der Waals surface area contributed by atoms with Crippen molar-refractivity contribution < 1.29 is 99.0 Å². The molecule has 10 N–H and O–H groups in total. The number of hydrogen-bond acceptors (Lipinski definition) is 10. The van der Waals surface area contributed by atoms with E-state index in [4.69, 9.17) is 70.2 Å². The van der Waals surface area contributed by atoms with Gasteiger partial charge in [-0.3, -0.25) is 19.2 Å². The third kappa shape index (κ3) is 29.7. The van der Waals surface area contributed by atoms with E-state index in [0.717, 1.165) is 27.7 Å². The van der Waals surface area contributed by atoms with Crippen molar-refractivity contribution >= 4 is 59.7 Å². The number of carboxylic acid groups (broad SMARTS) is 10. The highest BCUT2D eigenvalue weighted by atomic mass is 16.4. The molecular formula is C32H34O20. The number of hydrogen-bond donors (Lipinski definition) is 10. The lowest BCUT2D eigenvalue weighted by molar-refractivity contribution is -0.135. The monoisotopic (exact) mass is 738 g/mol. The van der Waals surface area contributed by atoms with Crippen LogP contribution in [0.25, 0.3) is 0 Å². The summed E-state index contributed by atoms with van der Waals surface area (Å²) >= 11 is 0. The number of carboxylic acids is 10. The van der Waals surface area contributed by atoms with Crippen LogP contribution in [-0.4, -0.2) is 111 Å². The van der Waals surface area contributed by atoms with Crippen LogP contribution in [0.3, 0.4) is 0 Å². The van der Waals surface area contributed by atoms with Crippen LogP contribution in [0.5, 0.6) is 0 Å². The molecule has 0 aliphatic rings. The van der Waals surface area contributed by atoms with E-state index >= 15 is 0 Å². The molecule has 3 rings (SSSR count). The third-order valence-corrected chi connectivity index (χ3v) is 4.16. The normalized spacial score (nSPS) is 8.38.